The van der Waals surface area contributed by atoms with Gasteiger partial charge in [-0.25, -0.2) is 0 Å². The van der Waals surface area contributed by atoms with Crippen molar-refractivity contribution in [2.24, 2.45) is 0 Å². The SMILES string of the molecule is O=[N+]([O-])c1ccc2c(c1)B(O)OC21CC1. The van der Waals surface area contributed by atoms with E-state index in [0.29, 0.717) is 5.46 Å². The molecule has 15 heavy (non-hydrogen) atoms. The van der Waals surface area contributed by atoms with Gasteiger partial charge in [0.2, 0.25) is 0 Å². The number of non-ortho nitro benzene ring substituents is 1. The molecule has 1 fully saturated rings. The summed E-state index contributed by atoms with van der Waals surface area (Å²) in [4.78, 5) is 10.1. The lowest BCUT2D eigenvalue weighted by molar-refractivity contribution is -0.384. The molecule has 0 amide bonds. The topological polar surface area (TPSA) is 72.6 Å². The summed E-state index contributed by atoms with van der Waals surface area (Å²) in [5.74, 6) is 0. The molecule has 1 aliphatic carbocycles. The lowest BCUT2D eigenvalue weighted by atomic mass is 9.79. The summed E-state index contributed by atoms with van der Waals surface area (Å²) >= 11 is 0. The molecular weight excluding hydrogens is 197 g/mol. The van der Waals surface area contributed by atoms with E-state index in [2.05, 4.69) is 0 Å². The fourth-order valence-corrected chi connectivity index (χ4v) is 2.12. The Bertz CT molecular complexity index is 457. The van der Waals surface area contributed by atoms with Crippen LogP contribution in [0.5, 0.6) is 0 Å². The summed E-state index contributed by atoms with van der Waals surface area (Å²) in [6, 6.07) is 4.55. The van der Waals surface area contributed by atoms with E-state index in [1.54, 1.807) is 6.07 Å². The van der Waals surface area contributed by atoms with Gasteiger partial charge in [-0.1, -0.05) is 0 Å². The summed E-state index contributed by atoms with van der Waals surface area (Å²) in [7, 11) is -1.01. The van der Waals surface area contributed by atoms with Crippen LogP contribution in [0.25, 0.3) is 0 Å². The predicted octanol–water partition coefficient (Wildman–Crippen LogP) is 0.302. The maximum absolute atomic E-state index is 10.6. The molecule has 0 unspecified atom stereocenters. The Labute approximate surface area is 86.0 Å². The quantitative estimate of drug-likeness (QED) is 0.406. The number of nitro benzene ring substituents is 1. The minimum Gasteiger partial charge on any atom is -0.423 e. The van der Waals surface area contributed by atoms with Crippen molar-refractivity contribution in [3.05, 3.63) is 33.9 Å². The first kappa shape index (κ1) is 8.88. The standard InChI is InChI=1S/C9H8BNO4/c12-10-8-5-6(11(13)14)1-2-7(8)9(15-10)3-4-9/h1-2,5,12H,3-4H2. The molecule has 2 aliphatic rings. The number of rotatable bonds is 1. The second-order valence-electron chi connectivity index (χ2n) is 3.99. The van der Waals surface area contributed by atoms with Gasteiger partial charge in [-0.15, -0.1) is 0 Å². The van der Waals surface area contributed by atoms with Gasteiger partial charge in [-0.3, -0.25) is 10.1 Å². The average molecular weight is 205 g/mol. The molecular formula is C9H8BNO4. The van der Waals surface area contributed by atoms with E-state index < -0.39 is 12.0 Å². The Hall–Kier alpha value is -1.40. The number of nitro groups is 1. The molecule has 1 spiro atoms. The van der Waals surface area contributed by atoms with Gasteiger partial charge in [0.05, 0.1) is 10.5 Å². The van der Waals surface area contributed by atoms with Crippen molar-refractivity contribution >= 4 is 18.3 Å². The highest BCUT2D eigenvalue weighted by Crippen LogP contribution is 2.51. The fraction of sp³-hybridized carbons (Fsp3) is 0.333. The minimum atomic E-state index is -1.01. The number of nitrogens with zero attached hydrogens (tertiary/aromatic N) is 1. The van der Waals surface area contributed by atoms with E-state index in [0.717, 1.165) is 18.4 Å². The highest BCUT2D eigenvalue weighted by molar-refractivity contribution is 6.62. The Morgan fingerprint density at radius 2 is 2.27 bits per heavy atom. The first-order valence-electron chi connectivity index (χ1n) is 4.77. The van der Waals surface area contributed by atoms with Crippen molar-refractivity contribution < 1.29 is 14.6 Å². The summed E-state index contributed by atoms with van der Waals surface area (Å²) in [6.45, 7) is 0. The van der Waals surface area contributed by atoms with Crippen LogP contribution in [0.1, 0.15) is 18.4 Å². The Kier molecular flexibility index (Phi) is 1.53. The van der Waals surface area contributed by atoms with Gasteiger partial charge in [0.1, 0.15) is 0 Å². The molecule has 0 saturated heterocycles. The van der Waals surface area contributed by atoms with E-state index in [9.17, 15) is 15.1 Å². The van der Waals surface area contributed by atoms with Gasteiger partial charge in [0.15, 0.2) is 0 Å². The number of fused-ring (bicyclic) bond motifs is 2. The zero-order valence-corrected chi connectivity index (χ0v) is 7.84. The molecule has 1 N–H and O–H groups in total. The van der Waals surface area contributed by atoms with Crippen LogP contribution in [0, 0.1) is 10.1 Å². The summed E-state index contributed by atoms with van der Waals surface area (Å²) < 4.78 is 5.40. The summed E-state index contributed by atoms with van der Waals surface area (Å²) in [5.41, 5.74) is 1.10. The minimum absolute atomic E-state index is 0.00546. The van der Waals surface area contributed by atoms with Crippen LogP contribution in [0.4, 0.5) is 5.69 Å². The van der Waals surface area contributed by atoms with Gasteiger partial charge >= 0.3 is 7.12 Å². The molecule has 1 aliphatic heterocycles. The van der Waals surface area contributed by atoms with Crippen LogP contribution >= 0.6 is 0 Å². The largest absolute Gasteiger partial charge is 0.492 e. The highest BCUT2D eigenvalue weighted by Gasteiger charge is 2.55. The number of hydrogen-bond acceptors (Lipinski definition) is 4. The average Bonchev–Trinajstić information content (AvgIpc) is 2.91. The van der Waals surface area contributed by atoms with E-state index in [-0.39, 0.29) is 11.3 Å². The maximum Gasteiger partial charge on any atom is 0.492 e. The van der Waals surface area contributed by atoms with Crippen molar-refractivity contribution in [2.45, 2.75) is 18.4 Å². The van der Waals surface area contributed by atoms with Crippen LogP contribution < -0.4 is 5.46 Å². The molecule has 1 heterocycles. The van der Waals surface area contributed by atoms with Gasteiger partial charge < -0.3 is 9.68 Å². The van der Waals surface area contributed by atoms with Gasteiger partial charge in [-0.2, -0.15) is 0 Å². The molecule has 1 saturated carbocycles. The van der Waals surface area contributed by atoms with Crippen molar-refractivity contribution in [3.63, 3.8) is 0 Å². The van der Waals surface area contributed by atoms with E-state index in [1.807, 2.05) is 0 Å². The smallest absolute Gasteiger partial charge is 0.423 e. The van der Waals surface area contributed by atoms with Gasteiger partial charge in [0.25, 0.3) is 5.69 Å². The van der Waals surface area contributed by atoms with Crippen LogP contribution in [-0.2, 0) is 10.3 Å². The molecule has 1 aromatic rings. The summed E-state index contributed by atoms with van der Waals surface area (Å²) in [6.07, 6.45) is 1.77. The third kappa shape index (κ3) is 1.12. The van der Waals surface area contributed by atoms with Crippen molar-refractivity contribution in [2.75, 3.05) is 0 Å². The monoisotopic (exact) mass is 205 g/mol. The molecule has 0 bridgehead atoms. The third-order valence-corrected chi connectivity index (χ3v) is 3.04. The first-order chi connectivity index (χ1) is 7.12. The lowest BCUT2D eigenvalue weighted by Gasteiger charge is -2.07. The maximum atomic E-state index is 10.6. The lowest BCUT2D eigenvalue weighted by Crippen LogP contribution is -2.28. The van der Waals surface area contributed by atoms with Crippen molar-refractivity contribution in [1.82, 2.24) is 0 Å². The van der Waals surface area contributed by atoms with Crippen molar-refractivity contribution in [3.8, 4) is 0 Å². The second kappa shape index (κ2) is 2.59. The Morgan fingerprint density at radius 1 is 1.53 bits per heavy atom. The fourth-order valence-electron chi connectivity index (χ4n) is 2.12. The van der Waals surface area contributed by atoms with Crippen molar-refractivity contribution in [1.29, 1.82) is 0 Å². The Balaban J connectivity index is 2.13. The third-order valence-electron chi connectivity index (χ3n) is 3.04. The van der Waals surface area contributed by atoms with Gasteiger partial charge in [0, 0.05) is 12.1 Å². The predicted molar refractivity (Wildman–Crippen MR) is 52.7 cm³/mol. The molecule has 0 radical (unpaired) electrons. The van der Waals surface area contributed by atoms with E-state index in [1.165, 1.54) is 12.1 Å². The van der Waals surface area contributed by atoms with Crippen LogP contribution in [-0.4, -0.2) is 17.1 Å². The zero-order valence-electron chi connectivity index (χ0n) is 7.84. The molecule has 1 aromatic carbocycles. The van der Waals surface area contributed by atoms with Crippen LogP contribution in [0.3, 0.4) is 0 Å². The molecule has 0 aromatic heterocycles. The second-order valence-corrected chi connectivity index (χ2v) is 3.99. The zero-order chi connectivity index (χ0) is 10.6. The first-order valence-corrected chi connectivity index (χ1v) is 4.77. The van der Waals surface area contributed by atoms with E-state index in [4.69, 9.17) is 4.65 Å². The highest BCUT2D eigenvalue weighted by atomic mass is 16.6. The van der Waals surface area contributed by atoms with Crippen LogP contribution in [0.2, 0.25) is 0 Å². The molecule has 76 valence electrons. The number of benzene rings is 1. The normalized spacial score (nSPS) is 20.5. The molecule has 6 heteroatoms. The molecule has 0 atom stereocenters. The molecule has 3 rings (SSSR count). The number of hydrogen-bond donors (Lipinski definition) is 1. The summed E-state index contributed by atoms with van der Waals surface area (Å²) in [5, 5.41) is 20.2. The van der Waals surface area contributed by atoms with Crippen LogP contribution in [0.15, 0.2) is 18.2 Å². The molecule has 5 nitrogen and oxygen atoms in total. The van der Waals surface area contributed by atoms with E-state index >= 15 is 0 Å². The Morgan fingerprint density at radius 3 is 2.87 bits per heavy atom. The van der Waals surface area contributed by atoms with Gasteiger partial charge in [-0.05, 0) is 29.9 Å².